The minimum absolute atomic E-state index is 1.02. The molecular weight excluding hydrogens is 795 g/mol. The minimum Gasteiger partial charge on any atom is -0.256 e. The molecule has 0 bridgehead atoms. The van der Waals surface area contributed by atoms with Gasteiger partial charge in [0.25, 0.3) is 0 Å². The van der Waals surface area contributed by atoms with Crippen LogP contribution in [-0.4, -0.2) is 4.98 Å². The SMILES string of the molecule is c1ccc(-c2cc(-c3ccc(-c4c5ccccc5c(-c5cccc(-c6cccc7cccnc67)c5)c5ccccc45)cc3)c(-c3ccccc3)c(-c3ccccc3)c2-c2ccccc2)cc1. The van der Waals surface area contributed by atoms with Gasteiger partial charge in [0.05, 0.1) is 5.52 Å². The van der Waals surface area contributed by atoms with Gasteiger partial charge in [0, 0.05) is 17.1 Å². The number of para-hydroxylation sites is 1. The van der Waals surface area contributed by atoms with Crippen molar-refractivity contribution in [1.82, 2.24) is 4.98 Å². The van der Waals surface area contributed by atoms with Crippen LogP contribution >= 0.6 is 0 Å². The van der Waals surface area contributed by atoms with Crippen LogP contribution in [-0.2, 0) is 0 Å². The molecule has 0 radical (unpaired) electrons. The van der Waals surface area contributed by atoms with Gasteiger partial charge in [0.15, 0.2) is 0 Å². The monoisotopic (exact) mass is 837 g/mol. The quantitative estimate of drug-likeness (QED) is 0.139. The zero-order chi connectivity index (χ0) is 43.8. The zero-order valence-corrected chi connectivity index (χ0v) is 36.3. The van der Waals surface area contributed by atoms with E-state index in [4.69, 9.17) is 4.98 Å². The van der Waals surface area contributed by atoms with E-state index in [2.05, 4.69) is 249 Å². The average Bonchev–Trinajstić information content (AvgIpc) is 3.40. The summed E-state index contributed by atoms with van der Waals surface area (Å²) in [5.74, 6) is 0. The van der Waals surface area contributed by atoms with Crippen LogP contribution in [0.5, 0.6) is 0 Å². The number of hydrogen-bond acceptors (Lipinski definition) is 1. The molecule has 0 atom stereocenters. The number of aromatic nitrogens is 1. The van der Waals surface area contributed by atoms with Crippen LogP contribution in [0, 0.1) is 0 Å². The van der Waals surface area contributed by atoms with Crippen LogP contribution in [0.3, 0.4) is 0 Å². The number of rotatable bonds is 8. The van der Waals surface area contributed by atoms with E-state index in [1.54, 1.807) is 0 Å². The maximum Gasteiger partial charge on any atom is 0.0780 e. The van der Waals surface area contributed by atoms with Gasteiger partial charge in [-0.05, 0) is 123 Å². The summed E-state index contributed by atoms with van der Waals surface area (Å²) < 4.78 is 0. The van der Waals surface area contributed by atoms with E-state index in [1.165, 1.54) is 93.9 Å². The van der Waals surface area contributed by atoms with Crippen molar-refractivity contribution >= 4 is 32.4 Å². The third-order valence-electron chi connectivity index (χ3n) is 13.1. The molecule has 0 aliphatic rings. The van der Waals surface area contributed by atoms with Gasteiger partial charge >= 0.3 is 0 Å². The molecular formula is C65H43N. The Balaban J connectivity index is 1.07. The smallest absolute Gasteiger partial charge is 0.0780 e. The van der Waals surface area contributed by atoms with Gasteiger partial charge in [0.2, 0.25) is 0 Å². The summed E-state index contributed by atoms with van der Waals surface area (Å²) >= 11 is 0. The van der Waals surface area contributed by atoms with Gasteiger partial charge in [-0.1, -0.05) is 237 Å². The lowest BCUT2D eigenvalue weighted by Gasteiger charge is -2.24. The molecule has 1 heterocycles. The largest absolute Gasteiger partial charge is 0.256 e. The van der Waals surface area contributed by atoms with Crippen molar-refractivity contribution in [3.63, 3.8) is 0 Å². The molecule has 1 heteroatoms. The average molecular weight is 838 g/mol. The second kappa shape index (κ2) is 16.8. The molecule has 12 aromatic rings. The molecule has 0 saturated carbocycles. The fraction of sp³-hybridized carbons (Fsp3) is 0. The first-order chi connectivity index (χ1) is 32.8. The van der Waals surface area contributed by atoms with E-state index in [0.29, 0.717) is 0 Å². The molecule has 0 N–H and O–H groups in total. The number of hydrogen-bond donors (Lipinski definition) is 0. The highest BCUT2D eigenvalue weighted by Crippen LogP contribution is 2.51. The summed E-state index contributed by atoms with van der Waals surface area (Å²) in [6.07, 6.45) is 1.88. The van der Waals surface area contributed by atoms with Crippen molar-refractivity contribution in [3.8, 4) is 89.0 Å². The molecule has 11 aromatic carbocycles. The summed E-state index contributed by atoms with van der Waals surface area (Å²) in [6, 6.07) is 92.8. The van der Waals surface area contributed by atoms with Crippen molar-refractivity contribution < 1.29 is 0 Å². The van der Waals surface area contributed by atoms with Gasteiger partial charge in [-0.25, -0.2) is 0 Å². The van der Waals surface area contributed by atoms with Crippen molar-refractivity contribution in [2.24, 2.45) is 0 Å². The number of pyridine rings is 1. The van der Waals surface area contributed by atoms with E-state index in [1.807, 2.05) is 12.3 Å². The van der Waals surface area contributed by atoms with Crippen LogP contribution in [0.1, 0.15) is 0 Å². The predicted octanol–water partition coefficient (Wildman–Crippen LogP) is 17.9. The number of benzene rings is 11. The molecule has 0 aliphatic heterocycles. The van der Waals surface area contributed by atoms with Gasteiger partial charge in [-0.3, -0.25) is 4.98 Å². The first kappa shape index (κ1) is 39.0. The van der Waals surface area contributed by atoms with Crippen molar-refractivity contribution in [2.75, 3.05) is 0 Å². The summed E-state index contributed by atoms with van der Waals surface area (Å²) in [6.45, 7) is 0. The molecule has 0 saturated heterocycles. The molecule has 1 nitrogen and oxygen atoms in total. The second-order valence-electron chi connectivity index (χ2n) is 16.9. The van der Waals surface area contributed by atoms with Gasteiger partial charge in [-0.15, -0.1) is 0 Å². The van der Waals surface area contributed by atoms with Crippen LogP contribution in [0.2, 0.25) is 0 Å². The van der Waals surface area contributed by atoms with E-state index >= 15 is 0 Å². The Hall–Kier alpha value is -8.65. The summed E-state index contributed by atoms with van der Waals surface area (Å²) in [4.78, 5) is 4.80. The Labute approximate surface area is 385 Å². The van der Waals surface area contributed by atoms with Crippen LogP contribution in [0.4, 0.5) is 0 Å². The molecule has 0 fully saturated rings. The maximum atomic E-state index is 4.80. The highest BCUT2D eigenvalue weighted by molar-refractivity contribution is 6.21. The Kier molecular flexibility index (Phi) is 9.93. The van der Waals surface area contributed by atoms with E-state index < -0.39 is 0 Å². The van der Waals surface area contributed by atoms with Crippen LogP contribution in [0.25, 0.3) is 121 Å². The van der Waals surface area contributed by atoms with Gasteiger partial charge in [0.1, 0.15) is 0 Å². The molecule has 308 valence electrons. The third kappa shape index (κ3) is 6.86. The predicted molar refractivity (Wildman–Crippen MR) is 280 cm³/mol. The standard InChI is InChI=1S/C65H43N/c1-5-20-44(21-6-1)58-43-59(63(47-24-9-3-10-25-47)64(48-26-11-4-12-27-48)62(58)46-22-7-2-8-23-46)45-37-39-49(40-38-45)60-54-32-13-15-34-56(54)61(57-35-16-14-33-55(57)60)52-30-17-29-51(42-52)53-36-18-28-50-31-19-41-66-65(50)53/h1-43H. The van der Waals surface area contributed by atoms with Gasteiger partial charge < -0.3 is 0 Å². The van der Waals surface area contributed by atoms with Crippen LogP contribution < -0.4 is 0 Å². The van der Waals surface area contributed by atoms with E-state index in [9.17, 15) is 0 Å². The highest BCUT2D eigenvalue weighted by atomic mass is 14.6. The number of nitrogens with zero attached hydrogens (tertiary/aromatic N) is 1. The Morgan fingerprint density at radius 3 is 1.14 bits per heavy atom. The van der Waals surface area contributed by atoms with Crippen molar-refractivity contribution in [3.05, 3.63) is 261 Å². The molecule has 66 heavy (non-hydrogen) atoms. The maximum absolute atomic E-state index is 4.80. The Morgan fingerprint density at radius 2 is 0.591 bits per heavy atom. The Morgan fingerprint density at radius 1 is 0.212 bits per heavy atom. The molecule has 0 unspecified atom stereocenters. The number of fused-ring (bicyclic) bond motifs is 3. The fourth-order valence-electron chi connectivity index (χ4n) is 10.2. The molecule has 0 amide bonds. The highest BCUT2D eigenvalue weighted by Gasteiger charge is 2.24. The first-order valence-corrected chi connectivity index (χ1v) is 22.7. The van der Waals surface area contributed by atoms with Crippen molar-refractivity contribution in [2.45, 2.75) is 0 Å². The Bertz CT molecular complexity index is 3650. The minimum atomic E-state index is 1.02. The fourth-order valence-corrected chi connectivity index (χ4v) is 10.2. The summed E-state index contributed by atoms with van der Waals surface area (Å²) in [5, 5.41) is 6.05. The van der Waals surface area contributed by atoms with E-state index in [-0.39, 0.29) is 0 Å². The molecule has 1 aromatic heterocycles. The second-order valence-corrected chi connectivity index (χ2v) is 16.9. The molecule has 0 spiro atoms. The third-order valence-corrected chi connectivity index (χ3v) is 13.1. The lowest BCUT2D eigenvalue weighted by molar-refractivity contribution is 1.41. The lowest BCUT2D eigenvalue weighted by atomic mass is 9.78. The summed E-state index contributed by atoms with van der Waals surface area (Å²) in [7, 11) is 0. The van der Waals surface area contributed by atoms with Gasteiger partial charge in [-0.2, -0.15) is 0 Å². The van der Waals surface area contributed by atoms with Crippen molar-refractivity contribution in [1.29, 1.82) is 0 Å². The topological polar surface area (TPSA) is 12.9 Å². The molecule has 12 rings (SSSR count). The normalized spacial score (nSPS) is 11.3. The van der Waals surface area contributed by atoms with Crippen LogP contribution in [0.15, 0.2) is 261 Å². The first-order valence-electron chi connectivity index (χ1n) is 22.7. The zero-order valence-electron chi connectivity index (χ0n) is 36.3. The molecule has 0 aliphatic carbocycles. The van der Waals surface area contributed by atoms with E-state index in [0.717, 1.165) is 27.6 Å². The summed E-state index contributed by atoms with van der Waals surface area (Å²) in [5.41, 5.74) is 20.1. The lowest BCUT2D eigenvalue weighted by Crippen LogP contribution is -1.98.